The van der Waals surface area contributed by atoms with Gasteiger partial charge in [0.05, 0.1) is 35.4 Å². The fourth-order valence-corrected chi connectivity index (χ4v) is 4.05. The Morgan fingerprint density at radius 1 is 1.46 bits per heavy atom. The van der Waals surface area contributed by atoms with E-state index in [0.717, 1.165) is 31.5 Å². The van der Waals surface area contributed by atoms with Gasteiger partial charge in [-0.3, -0.25) is 9.48 Å². The zero-order valence-corrected chi connectivity index (χ0v) is 15.9. The van der Waals surface area contributed by atoms with E-state index in [0.29, 0.717) is 17.7 Å². The van der Waals surface area contributed by atoms with Crippen LogP contribution >= 0.6 is 0 Å². The van der Waals surface area contributed by atoms with Crippen LogP contribution < -0.4 is 34.7 Å². The first-order valence-corrected chi connectivity index (χ1v) is 8.01. The molecule has 1 saturated heterocycles. The summed E-state index contributed by atoms with van der Waals surface area (Å²) in [4.78, 5) is 25.0. The molecule has 122 valence electrons. The van der Waals surface area contributed by atoms with Crippen molar-refractivity contribution in [1.82, 2.24) is 14.7 Å². The number of aliphatic hydroxyl groups excluding tert-OH is 1. The standard InChI is InChI=1S/C16H19N3O4.Na/c1-8(20)13-12-7-10(14(16(22)23)19(12)15(13)21)11-6-9-4-2-3-5-18(9)17-11;/h6,8,12-13,20H,2-5,7H2,1H3,(H,22,23);/q;+1/p-1/t8-,12-,13-;/m1./s1. The van der Waals surface area contributed by atoms with Crippen LogP contribution in [0.5, 0.6) is 0 Å². The third kappa shape index (κ3) is 2.45. The van der Waals surface area contributed by atoms with Crippen LogP contribution in [0.1, 0.15) is 37.6 Å². The van der Waals surface area contributed by atoms with Crippen LogP contribution in [-0.2, 0) is 22.6 Å². The van der Waals surface area contributed by atoms with E-state index in [1.54, 1.807) is 6.92 Å². The van der Waals surface area contributed by atoms with Crippen molar-refractivity contribution >= 4 is 17.4 Å². The van der Waals surface area contributed by atoms with Gasteiger partial charge in [0.15, 0.2) is 0 Å². The number of fused-ring (bicyclic) bond motifs is 2. The predicted octanol–water partition coefficient (Wildman–Crippen LogP) is -3.70. The van der Waals surface area contributed by atoms with Crippen molar-refractivity contribution in [3.8, 4) is 0 Å². The number of carboxylic acid groups (broad SMARTS) is 1. The smallest absolute Gasteiger partial charge is 0.543 e. The first kappa shape index (κ1) is 17.7. The molecule has 8 heteroatoms. The Labute approximate surface area is 161 Å². The van der Waals surface area contributed by atoms with Crippen LogP contribution in [0.2, 0.25) is 0 Å². The van der Waals surface area contributed by atoms with Crippen LogP contribution in [0.15, 0.2) is 11.8 Å². The van der Waals surface area contributed by atoms with E-state index in [2.05, 4.69) is 5.10 Å². The van der Waals surface area contributed by atoms with Crippen molar-refractivity contribution in [2.24, 2.45) is 5.92 Å². The van der Waals surface area contributed by atoms with Gasteiger partial charge < -0.3 is 19.9 Å². The van der Waals surface area contributed by atoms with Crippen molar-refractivity contribution in [3.05, 3.63) is 23.2 Å². The number of aryl methyl sites for hydroxylation is 2. The first-order valence-electron chi connectivity index (χ1n) is 8.01. The van der Waals surface area contributed by atoms with E-state index in [9.17, 15) is 19.8 Å². The SMILES string of the molecule is C[C@@H](O)[C@H]1C(=O)N2C(C(=O)[O-])=C(c3cc4n(n3)CCCC4)C[C@H]12.[Na+]. The van der Waals surface area contributed by atoms with Gasteiger partial charge in [-0.25, -0.2) is 0 Å². The van der Waals surface area contributed by atoms with Gasteiger partial charge in [0.1, 0.15) is 0 Å². The van der Waals surface area contributed by atoms with Crippen molar-refractivity contribution in [2.45, 2.75) is 51.3 Å². The maximum atomic E-state index is 12.2. The molecule has 0 spiro atoms. The molecule has 0 saturated carbocycles. The molecule has 1 aromatic rings. The summed E-state index contributed by atoms with van der Waals surface area (Å²) in [5, 5.41) is 25.9. The molecule has 24 heavy (non-hydrogen) atoms. The van der Waals surface area contributed by atoms with E-state index >= 15 is 0 Å². The molecule has 1 fully saturated rings. The Morgan fingerprint density at radius 2 is 2.21 bits per heavy atom. The number of aliphatic carboxylic acids is 1. The summed E-state index contributed by atoms with van der Waals surface area (Å²) in [7, 11) is 0. The minimum atomic E-state index is -1.36. The molecule has 0 aromatic carbocycles. The van der Waals surface area contributed by atoms with Gasteiger partial charge >= 0.3 is 29.6 Å². The average Bonchev–Trinajstić information content (AvgIpc) is 3.05. The Bertz CT molecular complexity index is 716. The number of aliphatic hydroxyl groups is 1. The van der Waals surface area contributed by atoms with Gasteiger partial charge in [0, 0.05) is 17.8 Å². The Balaban J connectivity index is 0.00000169. The monoisotopic (exact) mass is 339 g/mol. The number of hydrogen-bond acceptors (Lipinski definition) is 5. The van der Waals surface area contributed by atoms with Crippen LogP contribution in [0.4, 0.5) is 0 Å². The third-order valence-corrected chi connectivity index (χ3v) is 5.15. The van der Waals surface area contributed by atoms with E-state index in [4.69, 9.17) is 0 Å². The molecule has 0 radical (unpaired) electrons. The minimum absolute atomic E-state index is 0. The van der Waals surface area contributed by atoms with Gasteiger partial charge in [-0.2, -0.15) is 5.10 Å². The number of β-lactam (4-membered cyclic amide) rings is 1. The van der Waals surface area contributed by atoms with Crippen molar-refractivity contribution in [2.75, 3.05) is 0 Å². The Morgan fingerprint density at radius 3 is 2.83 bits per heavy atom. The number of aromatic nitrogens is 2. The van der Waals surface area contributed by atoms with Crippen LogP contribution in [-0.4, -0.2) is 43.8 Å². The maximum absolute atomic E-state index is 12.2. The van der Waals surface area contributed by atoms with Gasteiger partial charge in [0.25, 0.3) is 0 Å². The second-order valence-corrected chi connectivity index (χ2v) is 6.56. The molecule has 0 aliphatic carbocycles. The number of rotatable bonds is 3. The number of carbonyl (C=O) groups is 2. The second-order valence-electron chi connectivity index (χ2n) is 6.56. The molecule has 1 amide bonds. The maximum Gasteiger partial charge on any atom is 1.00 e. The number of nitrogens with zero attached hydrogens (tertiary/aromatic N) is 3. The normalized spacial score (nSPS) is 26.4. The molecular weight excluding hydrogens is 321 g/mol. The molecule has 0 unspecified atom stereocenters. The van der Waals surface area contributed by atoms with Gasteiger partial charge in [-0.15, -0.1) is 0 Å². The Kier molecular flexibility index (Phi) is 4.63. The Hall–Kier alpha value is -1.15. The van der Waals surface area contributed by atoms with Crippen LogP contribution in [0.25, 0.3) is 5.57 Å². The van der Waals surface area contributed by atoms with Gasteiger partial charge in [-0.1, -0.05) is 0 Å². The van der Waals surface area contributed by atoms with Gasteiger partial charge in [0.2, 0.25) is 5.91 Å². The van der Waals surface area contributed by atoms with E-state index in [1.807, 2.05) is 10.7 Å². The number of carbonyl (C=O) groups excluding carboxylic acids is 2. The number of hydrogen-bond donors (Lipinski definition) is 1. The number of carboxylic acids is 1. The molecule has 1 aromatic heterocycles. The fraction of sp³-hybridized carbons (Fsp3) is 0.562. The van der Waals surface area contributed by atoms with Crippen molar-refractivity contribution in [1.29, 1.82) is 0 Å². The largest absolute Gasteiger partial charge is 1.00 e. The summed E-state index contributed by atoms with van der Waals surface area (Å²) < 4.78 is 1.92. The summed E-state index contributed by atoms with van der Waals surface area (Å²) in [6.07, 6.45) is 2.72. The average molecular weight is 339 g/mol. The van der Waals surface area contributed by atoms with Crippen molar-refractivity contribution in [3.63, 3.8) is 0 Å². The molecule has 3 atom stereocenters. The van der Waals surface area contributed by atoms with E-state index in [-0.39, 0.29) is 47.2 Å². The topological polar surface area (TPSA) is 98.5 Å². The fourth-order valence-electron chi connectivity index (χ4n) is 4.05. The molecule has 7 nitrogen and oxygen atoms in total. The summed E-state index contributed by atoms with van der Waals surface area (Å²) in [6, 6.07) is 1.62. The summed E-state index contributed by atoms with van der Waals surface area (Å²) in [6.45, 7) is 2.40. The molecule has 0 bridgehead atoms. The van der Waals surface area contributed by atoms with E-state index in [1.165, 1.54) is 4.90 Å². The molecule has 3 aliphatic rings. The zero-order chi connectivity index (χ0) is 16.3. The molecule has 1 N–H and O–H groups in total. The molecule has 4 heterocycles. The van der Waals surface area contributed by atoms with Crippen LogP contribution in [0.3, 0.4) is 0 Å². The molecular formula is C16H18N3NaO4. The number of amides is 1. The first-order chi connectivity index (χ1) is 11.0. The quantitative estimate of drug-likeness (QED) is 0.451. The molecule has 4 rings (SSSR count). The second kappa shape index (κ2) is 6.29. The summed E-state index contributed by atoms with van der Waals surface area (Å²) >= 11 is 0. The van der Waals surface area contributed by atoms with E-state index < -0.39 is 18.0 Å². The minimum Gasteiger partial charge on any atom is -0.543 e. The van der Waals surface area contributed by atoms with Crippen LogP contribution in [0, 0.1) is 5.92 Å². The predicted molar refractivity (Wildman–Crippen MR) is 77.5 cm³/mol. The summed E-state index contributed by atoms with van der Waals surface area (Å²) in [5.41, 5.74) is 2.19. The molecule has 3 aliphatic heterocycles. The van der Waals surface area contributed by atoms with Crippen molar-refractivity contribution < 1.29 is 49.4 Å². The zero-order valence-electron chi connectivity index (χ0n) is 13.9. The van der Waals surface area contributed by atoms with Gasteiger partial charge in [-0.05, 0) is 38.7 Å². The summed E-state index contributed by atoms with van der Waals surface area (Å²) in [5.74, 6) is -2.24. The third-order valence-electron chi connectivity index (χ3n) is 5.15.